The van der Waals surface area contributed by atoms with Gasteiger partial charge >= 0.3 is 6.03 Å². The van der Waals surface area contributed by atoms with Crippen LogP contribution in [0.3, 0.4) is 0 Å². The fourth-order valence-electron chi connectivity index (χ4n) is 4.25. The van der Waals surface area contributed by atoms with Crippen molar-refractivity contribution in [2.24, 2.45) is 5.73 Å². The van der Waals surface area contributed by atoms with E-state index in [0.717, 1.165) is 6.07 Å². The van der Waals surface area contributed by atoms with Crippen molar-refractivity contribution >= 4 is 41.6 Å². The summed E-state index contributed by atoms with van der Waals surface area (Å²) in [4.78, 5) is 28.9. The Morgan fingerprint density at radius 1 is 1.05 bits per heavy atom. The number of urea groups is 1. The zero-order valence-electron chi connectivity index (χ0n) is 21.4. The summed E-state index contributed by atoms with van der Waals surface area (Å²) < 4.78 is 61.5. The molecule has 0 saturated carbocycles. The van der Waals surface area contributed by atoms with Gasteiger partial charge in [-0.2, -0.15) is 0 Å². The van der Waals surface area contributed by atoms with Gasteiger partial charge in [-0.1, -0.05) is 17.7 Å². The van der Waals surface area contributed by atoms with Crippen LogP contribution in [0, 0.1) is 23.3 Å². The van der Waals surface area contributed by atoms with E-state index in [0.29, 0.717) is 23.4 Å². The van der Waals surface area contributed by atoms with E-state index in [2.05, 4.69) is 5.32 Å². The minimum atomic E-state index is -1.13. The number of nitrogens with one attached hydrogen (secondary N) is 1. The molecular formula is C27H26Cl2F4N4O3. The first-order valence-corrected chi connectivity index (χ1v) is 12.3. The topological polar surface area (TPSA) is 87.9 Å². The second-order valence-corrected chi connectivity index (χ2v) is 9.37. The van der Waals surface area contributed by atoms with E-state index in [1.165, 1.54) is 28.0 Å². The maximum atomic E-state index is 15.0. The van der Waals surface area contributed by atoms with Gasteiger partial charge in [-0.3, -0.25) is 9.69 Å². The lowest BCUT2D eigenvalue weighted by molar-refractivity contribution is 0.0950. The average molecular weight is 601 g/mol. The number of hydrogen-bond donors (Lipinski definition) is 2. The predicted octanol–water partition coefficient (Wildman–Crippen LogP) is 5.72. The van der Waals surface area contributed by atoms with Gasteiger partial charge in [0.05, 0.1) is 23.3 Å². The van der Waals surface area contributed by atoms with Crippen LogP contribution >= 0.6 is 24.0 Å². The highest BCUT2D eigenvalue weighted by Gasteiger charge is 2.34. The molecule has 0 spiro atoms. The van der Waals surface area contributed by atoms with Gasteiger partial charge in [0.25, 0.3) is 5.91 Å². The largest absolute Gasteiger partial charge is 0.492 e. The van der Waals surface area contributed by atoms with Gasteiger partial charge in [0.2, 0.25) is 0 Å². The minimum absolute atomic E-state index is 0. The summed E-state index contributed by atoms with van der Waals surface area (Å²) in [6.07, 6.45) is 0. The van der Waals surface area contributed by atoms with E-state index in [1.807, 2.05) is 0 Å². The molecule has 1 aliphatic rings. The summed E-state index contributed by atoms with van der Waals surface area (Å²) in [6, 6.07) is 7.38. The molecule has 0 saturated heterocycles. The van der Waals surface area contributed by atoms with Crippen molar-refractivity contribution in [2.45, 2.75) is 26.1 Å². The van der Waals surface area contributed by atoms with Crippen molar-refractivity contribution in [1.82, 2.24) is 10.2 Å². The highest BCUT2D eigenvalue weighted by atomic mass is 35.5. The Bertz CT molecular complexity index is 1400. The van der Waals surface area contributed by atoms with Crippen LogP contribution in [0.2, 0.25) is 5.02 Å². The van der Waals surface area contributed by atoms with Gasteiger partial charge < -0.3 is 20.7 Å². The first-order valence-electron chi connectivity index (χ1n) is 11.9. The molecule has 1 unspecified atom stereocenters. The monoisotopic (exact) mass is 600 g/mol. The van der Waals surface area contributed by atoms with E-state index in [-0.39, 0.29) is 60.0 Å². The quantitative estimate of drug-likeness (QED) is 0.324. The number of carbonyl (C=O) groups excluding carboxylic acids is 2. The van der Waals surface area contributed by atoms with Crippen LogP contribution in [0.15, 0.2) is 42.5 Å². The van der Waals surface area contributed by atoms with Gasteiger partial charge in [-0.15, -0.1) is 12.4 Å². The maximum absolute atomic E-state index is 15.0. The van der Waals surface area contributed by atoms with Gasteiger partial charge in [-0.25, -0.2) is 22.4 Å². The number of ether oxygens (including phenoxy) is 1. The third kappa shape index (κ3) is 6.27. The lowest BCUT2D eigenvalue weighted by Crippen LogP contribution is -2.46. The van der Waals surface area contributed by atoms with E-state index < -0.39 is 47.3 Å². The van der Waals surface area contributed by atoms with Gasteiger partial charge in [0.15, 0.2) is 0 Å². The number of nitrogens with two attached hydrogens (primary N) is 1. The molecule has 3 amide bonds. The van der Waals surface area contributed by atoms with Crippen LogP contribution in [-0.4, -0.2) is 37.0 Å². The molecule has 40 heavy (non-hydrogen) atoms. The summed E-state index contributed by atoms with van der Waals surface area (Å²) in [5, 5.41) is 2.44. The van der Waals surface area contributed by atoms with Gasteiger partial charge in [-0.05, 0) is 30.7 Å². The number of carbonyl (C=O) groups is 2. The zero-order chi connectivity index (χ0) is 28.4. The maximum Gasteiger partial charge on any atom is 0.325 e. The zero-order valence-corrected chi connectivity index (χ0v) is 23.0. The van der Waals surface area contributed by atoms with E-state index >= 15 is 4.39 Å². The fraction of sp³-hybridized carbons (Fsp3) is 0.259. The van der Waals surface area contributed by atoms with Crippen LogP contribution in [-0.2, 0) is 13.1 Å². The molecule has 0 bridgehead atoms. The Hall–Kier alpha value is -3.54. The van der Waals surface area contributed by atoms with Crippen molar-refractivity contribution < 1.29 is 31.9 Å². The van der Waals surface area contributed by atoms with Crippen LogP contribution in [0.5, 0.6) is 5.75 Å². The Balaban J connectivity index is 0.00000441. The Labute approximate surface area is 239 Å². The first-order chi connectivity index (χ1) is 18.5. The van der Waals surface area contributed by atoms with Crippen molar-refractivity contribution in [2.75, 3.05) is 25.1 Å². The minimum Gasteiger partial charge on any atom is -0.492 e. The highest BCUT2D eigenvalue weighted by molar-refractivity contribution is 6.31. The molecular weight excluding hydrogens is 575 g/mol. The summed E-state index contributed by atoms with van der Waals surface area (Å²) in [5.41, 5.74) is 6.07. The molecule has 4 rings (SSSR count). The van der Waals surface area contributed by atoms with E-state index in [9.17, 15) is 22.8 Å². The standard InChI is InChI=1S/C27H25ClF4N4O3.ClH/c1-14-18-4-3-15(26(37)34-12-19-22(30)8-16(29)9-23(19)31)7-25(18)36(27(38)35(14)2)13-20-21(28)10-17(11-24(20)32)39-6-5-33;/h3-4,7-11,14H,5-6,12-13,33H2,1-2H3,(H,34,37);1H. The van der Waals surface area contributed by atoms with Crippen LogP contribution < -0.4 is 20.7 Å². The molecule has 3 aromatic rings. The molecule has 3 aromatic carbocycles. The highest BCUT2D eigenvalue weighted by Crippen LogP contribution is 2.38. The van der Waals surface area contributed by atoms with Crippen molar-refractivity contribution in [1.29, 1.82) is 0 Å². The number of rotatable bonds is 8. The lowest BCUT2D eigenvalue weighted by Gasteiger charge is -2.40. The molecule has 0 radical (unpaired) electrons. The summed E-state index contributed by atoms with van der Waals surface area (Å²) in [7, 11) is 1.59. The van der Waals surface area contributed by atoms with Gasteiger partial charge in [0, 0.05) is 55.0 Å². The number of hydrogen-bond acceptors (Lipinski definition) is 4. The predicted molar refractivity (Wildman–Crippen MR) is 145 cm³/mol. The average Bonchev–Trinajstić information content (AvgIpc) is 2.88. The fourth-order valence-corrected chi connectivity index (χ4v) is 4.51. The molecule has 3 N–H and O–H groups in total. The summed E-state index contributed by atoms with van der Waals surface area (Å²) in [5.74, 6) is -4.54. The molecule has 0 fully saturated rings. The first kappa shape index (κ1) is 31.0. The Morgan fingerprint density at radius 2 is 1.70 bits per heavy atom. The number of anilines is 1. The summed E-state index contributed by atoms with van der Waals surface area (Å²) in [6.45, 7) is 1.41. The Morgan fingerprint density at radius 3 is 2.33 bits per heavy atom. The number of fused-ring (bicyclic) bond motifs is 1. The van der Waals surface area contributed by atoms with Crippen LogP contribution in [0.4, 0.5) is 28.0 Å². The number of halogens is 6. The van der Waals surface area contributed by atoms with Crippen LogP contribution in [0.25, 0.3) is 0 Å². The molecule has 0 aliphatic carbocycles. The lowest BCUT2D eigenvalue weighted by atomic mass is 9.98. The van der Waals surface area contributed by atoms with Crippen molar-refractivity contribution in [3.05, 3.63) is 93.0 Å². The Kier molecular flexibility index (Phi) is 9.88. The number of nitrogens with zero attached hydrogens (tertiary/aromatic N) is 2. The normalized spacial score (nSPS) is 14.5. The molecule has 1 heterocycles. The molecule has 214 valence electrons. The molecule has 1 atom stereocenters. The molecule has 1 aliphatic heterocycles. The number of amides is 3. The smallest absolute Gasteiger partial charge is 0.325 e. The summed E-state index contributed by atoms with van der Waals surface area (Å²) >= 11 is 6.34. The van der Waals surface area contributed by atoms with E-state index in [1.54, 1.807) is 20.0 Å². The molecule has 0 aromatic heterocycles. The number of benzene rings is 3. The van der Waals surface area contributed by atoms with Crippen LogP contribution in [0.1, 0.15) is 40.0 Å². The van der Waals surface area contributed by atoms with Gasteiger partial charge in [0.1, 0.15) is 35.6 Å². The molecule has 13 heteroatoms. The third-order valence-electron chi connectivity index (χ3n) is 6.50. The third-order valence-corrected chi connectivity index (χ3v) is 6.83. The second kappa shape index (κ2) is 12.8. The molecule has 7 nitrogen and oxygen atoms in total. The van der Waals surface area contributed by atoms with Crippen molar-refractivity contribution in [3.8, 4) is 5.75 Å². The second-order valence-electron chi connectivity index (χ2n) is 8.96. The van der Waals surface area contributed by atoms with E-state index in [4.69, 9.17) is 22.1 Å². The van der Waals surface area contributed by atoms with Crippen molar-refractivity contribution in [3.63, 3.8) is 0 Å². The SMILES string of the molecule is CC1c2ccc(C(=O)NCc3c(F)cc(F)cc3F)cc2N(Cc2c(F)cc(OCCN)cc2Cl)C(=O)N1C.Cl.